The topological polar surface area (TPSA) is 60.3 Å². The van der Waals surface area contributed by atoms with Crippen molar-refractivity contribution < 1.29 is 14.3 Å². The SMILES string of the molecule is CCOC(=O)Cn1c2c(c3ccccc31)C[C@@H](NC(=O)Cc1cccs1)CC2. The van der Waals surface area contributed by atoms with Crippen LogP contribution in [0.15, 0.2) is 41.8 Å². The molecule has 2 aromatic heterocycles. The highest BCUT2D eigenvalue weighted by molar-refractivity contribution is 7.10. The van der Waals surface area contributed by atoms with E-state index in [0.717, 1.165) is 29.7 Å². The molecule has 0 aliphatic heterocycles. The van der Waals surface area contributed by atoms with Gasteiger partial charge in [-0.15, -0.1) is 11.3 Å². The van der Waals surface area contributed by atoms with Crippen LogP contribution in [-0.4, -0.2) is 29.1 Å². The number of nitrogens with one attached hydrogen (secondary N) is 1. The molecule has 1 aliphatic rings. The number of benzene rings is 1. The lowest BCUT2D eigenvalue weighted by atomic mass is 9.91. The molecule has 1 N–H and O–H groups in total. The average Bonchev–Trinajstić information content (AvgIpc) is 3.29. The minimum Gasteiger partial charge on any atom is -0.465 e. The van der Waals surface area contributed by atoms with Crippen molar-refractivity contribution in [2.75, 3.05) is 6.61 Å². The molecule has 6 heteroatoms. The summed E-state index contributed by atoms with van der Waals surface area (Å²) in [6, 6.07) is 12.3. The summed E-state index contributed by atoms with van der Waals surface area (Å²) in [6.45, 7) is 2.45. The van der Waals surface area contributed by atoms with Crippen LogP contribution in [0.2, 0.25) is 0 Å². The molecule has 4 rings (SSSR count). The van der Waals surface area contributed by atoms with Crippen molar-refractivity contribution >= 4 is 34.1 Å². The van der Waals surface area contributed by atoms with Gasteiger partial charge in [0, 0.05) is 27.5 Å². The first-order chi connectivity index (χ1) is 13.7. The number of rotatable bonds is 6. The third-order valence-corrected chi connectivity index (χ3v) is 6.12. The molecule has 0 unspecified atom stereocenters. The predicted octanol–water partition coefficient (Wildman–Crippen LogP) is 3.48. The third-order valence-electron chi connectivity index (χ3n) is 5.25. The summed E-state index contributed by atoms with van der Waals surface area (Å²) in [5.41, 5.74) is 3.50. The van der Waals surface area contributed by atoms with Gasteiger partial charge in [0.05, 0.1) is 13.0 Å². The second-order valence-corrected chi connectivity index (χ2v) is 8.13. The summed E-state index contributed by atoms with van der Waals surface area (Å²) in [5, 5.41) is 6.36. The molecule has 3 aromatic rings. The molecule has 1 aromatic carbocycles. The maximum atomic E-state index is 12.4. The summed E-state index contributed by atoms with van der Waals surface area (Å²) in [5.74, 6) is -0.136. The molecule has 0 saturated carbocycles. The Morgan fingerprint density at radius 3 is 2.89 bits per heavy atom. The Balaban J connectivity index is 1.55. The van der Waals surface area contributed by atoms with Gasteiger partial charge in [-0.1, -0.05) is 24.3 Å². The van der Waals surface area contributed by atoms with Gasteiger partial charge in [0.1, 0.15) is 6.54 Å². The Hall–Kier alpha value is -2.60. The van der Waals surface area contributed by atoms with Crippen LogP contribution in [0, 0.1) is 0 Å². The summed E-state index contributed by atoms with van der Waals surface area (Å²) in [6.07, 6.45) is 2.95. The standard InChI is InChI=1S/C22H24N2O3S/c1-2-27-22(26)14-24-19-8-4-3-7-17(19)18-12-15(9-10-20(18)24)23-21(25)13-16-6-5-11-28-16/h3-8,11,15H,2,9-10,12-14H2,1H3,(H,23,25)/t15-/m0/s1. The molecule has 2 heterocycles. The number of carbonyl (C=O) groups is 2. The monoisotopic (exact) mass is 396 g/mol. The maximum absolute atomic E-state index is 12.4. The predicted molar refractivity (Wildman–Crippen MR) is 111 cm³/mol. The van der Waals surface area contributed by atoms with Crippen molar-refractivity contribution in [2.45, 2.75) is 45.2 Å². The quantitative estimate of drug-likeness (QED) is 0.649. The van der Waals surface area contributed by atoms with Gasteiger partial charge < -0.3 is 14.6 Å². The van der Waals surface area contributed by atoms with Gasteiger partial charge in [-0.2, -0.15) is 0 Å². The minimum absolute atomic E-state index is 0.0751. The summed E-state index contributed by atoms with van der Waals surface area (Å²) < 4.78 is 7.25. The molecule has 28 heavy (non-hydrogen) atoms. The lowest BCUT2D eigenvalue weighted by molar-refractivity contribution is -0.143. The van der Waals surface area contributed by atoms with Crippen molar-refractivity contribution in [3.8, 4) is 0 Å². The molecular weight excluding hydrogens is 372 g/mol. The van der Waals surface area contributed by atoms with Gasteiger partial charge in [0.25, 0.3) is 0 Å². The van der Waals surface area contributed by atoms with Gasteiger partial charge in [-0.3, -0.25) is 9.59 Å². The molecule has 0 spiro atoms. The van der Waals surface area contributed by atoms with Crippen molar-refractivity contribution in [3.63, 3.8) is 0 Å². The van der Waals surface area contributed by atoms with E-state index in [9.17, 15) is 9.59 Å². The van der Waals surface area contributed by atoms with Gasteiger partial charge in [-0.25, -0.2) is 0 Å². The van der Waals surface area contributed by atoms with E-state index >= 15 is 0 Å². The number of esters is 1. The van der Waals surface area contributed by atoms with Crippen molar-refractivity contribution in [1.29, 1.82) is 0 Å². The Morgan fingerprint density at radius 2 is 2.11 bits per heavy atom. The van der Waals surface area contributed by atoms with E-state index in [2.05, 4.69) is 22.0 Å². The Kier molecular flexibility index (Phi) is 5.48. The second kappa shape index (κ2) is 8.19. The third kappa shape index (κ3) is 3.83. The normalized spacial score (nSPS) is 16.0. The molecule has 5 nitrogen and oxygen atoms in total. The first-order valence-corrected chi connectivity index (χ1v) is 10.6. The first kappa shape index (κ1) is 18.7. The van der Waals surface area contributed by atoms with E-state index in [0.29, 0.717) is 13.0 Å². The van der Waals surface area contributed by atoms with Crippen LogP contribution in [0.25, 0.3) is 10.9 Å². The molecule has 0 radical (unpaired) electrons. The van der Waals surface area contributed by atoms with E-state index in [1.54, 1.807) is 11.3 Å². The van der Waals surface area contributed by atoms with Crippen LogP contribution >= 0.6 is 11.3 Å². The van der Waals surface area contributed by atoms with Crippen LogP contribution in [0.1, 0.15) is 29.5 Å². The smallest absolute Gasteiger partial charge is 0.325 e. The molecule has 146 valence electrons. The van der Waals surface area contributed by atoms with Crippen LogP contribution in [0.5, 0.6) is 0 Å². The van der Waals surface area contributed by atoms with Crippen LogP contribution in [0.3, 0.4) is 0 Å². The van der Waals surface area contributed by atoms with Gasteiger partial charge in [-0.05, 0) is 49.3 Å². The average molecular weight is 397 g/mol. The molecular formula is C22H24N2O3S. The van der Waals surface area contributed by atoms with Crippen LogP contribution < -0.4 is 5.32 Å². The number of nitrogens with zero attached hydrogens (tertiary/aromatic N) is 1. The highest BCUT2D eigenvalue weighted by atomic mass is 32.1. The van der Waals surface area contributed by atoms with Crippen molar-refractivity contribution in [3.05, 3.63) is 57.9 Å². The molecule has 1 aliphatic carbocycles. The second-order valence-electron chi connectivity index (χ2n) is 7.10. The molecule has 1 atom stereocenters. The minimum atomic E-state index is -0.211. The van der Waals surface area contributed by atoms with Crippen molar-refractivity contribution in [2.24, 2.45) is 0 Å². The van der Waals surface area contributed by atoms with E-state index in [1.165, 1.54) is 16.6 Å². The molecule has 0 fully saturated rings. The molecule has 0 saturated heterocycles. The Labute approximate surface area is 168 Å². The van der Waals surface area contributed by atoms with Crippen LogP contribution in [0.4, 0.5) is 0 Å². The van der Waals surface area contributed by atoms with Gasteiger partial charge >= 0.3 is 5.97 Å². The Bertz CT molecular complexity index is 991. The van der Waals surface area contributed by atoms with E-state index in [4.69, 9.17) is 4.74 Å². The number of fused-ring (bicyclic) bond motifs is 3. The fourth-order valence-corrected chi connectivity index (χ4v) is 4.79. The molecule has 1 amide bonds. The summed E-state index contributed by atoms with van der Waals surface area (Å²) in [4.78, 5) is 25.6. The maximum Gasteiger partial charge on any atom is 0.325 e. The van der Waals surface area contributed by atoms with E-state index in [1.807, 2.05) is 36.6 Å². The summed E-state index contributed by atoms with van der Waals surface area (Å²) >= 11 is 1.61. The zero-order valence-electron chi connectivity index (χ0n) is 15.9. The lowest BCUT2D eigenvalue weighted by Crippen LogP contribution is -2.39. The molecule has 0 bridgehead atoms. The highest BCUT2D eigenvalue weighted by Gasteiger charge is 2.27. The van der Waals surface area contributed by atoms with Crippen molar-refractivity contribution in [1.82, 2.24) is 9.88 Å². The number of thiophene rings is 1. The van der Waals surface area contributed by atoms with Crippen LogP contribution in [-0.2, 0) is 40.1 Å². The fourth-order valence-electron chi connectivity index (χ4n) is 4.09. The fraction of sp³-hybridized carbons (Fsp3) is 0.364. The zero-order valence-corrected chi connectivity index (χ0v) is 16.8. The largest absolute Gasteiger partial charge is 0.465 e. The first-order valence-electron chi connectivity index (χ1n) is 9.72. The lowest BCUT2D eigenvalue weighted by Gasteiger charge is -2.25. The van der Waals surface area contributed by atoms with E-state index < -0.39 is 0 Å². The number of aromatic nitrogens is 1. The summed E-state index contributed by atoms with van der Waals surface area (Å²) in [7, 11) is 0. The number of amides is 1. The van der Waals surface area contributed by atoms with Gasteiger partial charge in [0.15, 0.2) is 0 Å². The number of hydrogen-bond donors (Lipinski definition) is 1. The Morgan fingerprint density at radius 1 is 1.25 bits per heavy atom. The number of carbonyl (C=O) groups excluding carboxylic acids is 2. The number of hydrogen-bond acceptors (Lipinski definition) is 4. The number of ether oxygens (including phenoxy) is 1. The van der Waals surface area contributed by atoms with E-state index in [-0.39, 0.29) is 24.5 Å². The highest BCUT2D eigenvalue weighted by Crippen LogP contribution is 2.32. The zero-order chi connectivity index (χ0) is 19.5. The number of para-hydroxylation sites is 1. The van der Waals surface area contributed by atoms with Gasteiger partial charge in [0.2, 0.25) is 5.91 Å².